The molecule has 6 heteroatoms. The Hall–Kier alpha value is -1.14. The minimum absolute atomic E-state index is 0.352. The van der Waals surface area contributed by atoms with Gasteiger partial charge < -0.3 is 10.5 Å². The molecule has 96 valence electrons. The van der Waals surface area contributed by atoms with Crippen molar-refractivity contribution in [3.63, 3.8) is 0 Å². The van der Waals surface area contributed by atoms with E-state index in [1.54, 1.807) is 0 Å². The Kier molecular flexibility index (Phi) is 4.11. The first-order chi connectivity index (χ1) is 7.77. The first-order valence-electron chi connectivity index (χ1n) is 5.05. The largest absolute Gasteiger partial charge is 0.496 e. The van der Waals surface area contributed by atoms with Gasteiger partial charge in [0.15, 0.2) is 9.84 Å². The lowest BCUT2D eigenvalue weighted by molar-refractivity contribution is 0.403. The highest BCUT2D eigenvalue weighted by molar-refractivity contribution is 7.91. The number of halogens is 1. The van der Waals surface area contributed by atoms with Gasteiger partial charge >= 0.3 is 0 Å². The quantitative estimate of drug-likeness (QED) is 0.886. The highest BCUT2D eigenvalue weighted by atomic mass is 32.2. The van der Waals surface area contributed by atoms with Crippen molar-refractivity contribution >= 4 is 9.84 Å². The fraction of sp³-hybridized carbons (Fsp3) is 0.455. The van der Waals surface area contributed by atoms with Gasteiger partial charge in [-0.15, -0.1) is 0 Å². The van der Waals surface area contributed by atoms with Crippen molar-refractivity contribution < 1.29 is 17.5 Å². The lowest BCUT2D eigenvalue weighted by atomic mass is 10.0. The molecule has 0 spiro atoms. The number of sulfone groups is 1. The van der Waals surface area contributed by atoms with Crippen LogP contribution in [0.25, 0.3) is 0 Å². The normalized spacial score (nSPS) is 15.4. The summed E-state index contributed by atoms with van der Waals surface area (Å²) in [6.45, 7) is 1.49. The molecule has 4 nitrogen and oxygen atoms in total. The summed E-state index contributed by atoms with van der Waals surface area (Å²) in [5, 5.41) is -0.807. The third-order valence-electron chi connectivity index (χ3n) is 2.73. The van der Waals surface area contributed by atoms with Crippen molar-refractivity contribution in [1.82, 2.24) is 0 Å². The first kappa shape index (κ1) is 13.9. The molecule has 0 aliphatic rings. The molecule has 17 heavy (non-hydrogen) atoms. The van der Waals surface area contributed by atoms with Gasteiger partial charge in [0.2, 0.25) is 0 Å². The van der Waals surface area contributed by atoms with Crippen molar-refractivity contribution in [1.29, 1.82) is 0 Å². The highest BCUT2D eigenvalue weighted by Gasteiger charge is 2.26. The number of hydrogen-bond acceptors (Lipinski definition) is 4. The Morgan fingerprint density at radius 1 is 1.41 bits per heavy atom. The standard InChI is InChI=1S/C11H16FNO3S/c1-7(17(3,14)15)11(13)9-6-8(12)4-5-10(9)16-2/h4-7,11H,13H2,1-3H3. The van der Waals surface area contributed by atoms with Crippen LogP contribution in [-0.2, 0) is 9.84 Å². The van der Waals surface area contributed by atoms with Crippen molar-refractivity contribution in [2.45, 2.75) is 18.2 Å². The molecule has 1 rings (SSSR count). The van der Waals surface area contributed by atoms with Crippen molar-refractivity contribution in [2.24, 2.45) is 5.73 Å². The Balaban J connectivity index is 3.19. The number of ether oxygens (including phenoxy) is 1. The van der Waals surface area contributed by atoms with Crippen LogP contribution in [0, 0.1) is 5.82 Å². The topological polar surface area (TPSA) is 69.4 Å². The molecule has 0 aliphatic heterocycles. The summed E-state index contributed by atoms with van der Waals surface area (Å²) in [4.78, 5) is 0. The maximum absolute atomic E-state index is 13.1. The van der Waals surface area contributed by atoms with Gasteiger partial charge in [-0.3, -0.25) is 0 Å². The fourth-order valence-corrected chi connectivity index (χ4v) is 2.16. The highest BCUT2D eigenvalue weighted by Crippen LogP contribution is 2.28. The number of hydrogen-bond donors (Lipinski definition) is 1. The maximum atomic E-state index is 13.1. The summed E-state index contributed by atoms with van der Waals surface area (Å²) >= 11 is 0. The van der Waals surface area contributed by atoms with Crippen LogP contribution in [0.3, 0.4) is 0 Å². The van der Waals surface area contributed by atoms with Gasteiger partial charge in [0, 0.05) is 17.9 Å². The summed E-state index contributed by atoms with van der Waals surface area (Å²) in [6, 6.07) is 3.04. The maximum Gasteiger partial charge on any atom is 0.151 e. The molecule has 0 saturated carbocycles. The van der Waals surface area contributed by atoms with E-state index >= 15 is 0 Å². The second-order valence-corrected chi connectivity index (χ2v) is 6.35. The molecule has 0 fully saturated rings. The average Bonchev–Trinajstić information content (AvgIpc) is 2.25. The number of methoxy groups -OCH3 is 1. The van der Waals surface area contributed by atoms with Crippen LogP contribution in [0.2, 0.25) is 0 Å². The summed E-state index contributed by atoms with van der Waals surface area (Å²) in [5.41, 5.74) is 6.20. The van der Waals surface area contributed by atoms with Gasteiger partial charge in [-0.05, 0) is 25.1 Å². The van der Waals surface area contributed by atoms with Crippen molar-refractivity contribution in [3.05, 3.63) is 29.6 Å². The van der Waals surface area contributed by atoms with Gasteiger partial charge in [0.05, 0.1) is 12.4 Å². The first-order valence-corrected chi connectivity index (χ1v) is 7.00. The third-order valence-corrected chi connectivity index (χ3v) is 4.38. The van der Waals surface area contributed by atoms with E-state index in [1.807, 2.05) is 0 Å². The number of rotatable bonds is 4. The molecule has 0 radical (unpaired) electrons. The van der Waals surface area contributed by atoms with Crippen LogP contribution in [0.1, 0.15) is 18.5 Å². The summed E-state index contributed by atoms with van der Waals surface area (Å²) in [6.07, 6.45) is 1.10. The Labute approximate surface area is 101 Å². The second-order valence-electron chi connectivity index (χ2n) is 3.95. The van der Waals surface area contributed by atoms with Gasteiger partial charge in [0.25, 0.3) is 0 Å². The van der Waals surface area contributed by atoms with E-state index in [-0.39, 0.29) is 0 Å². The minimum atomic E-state index is -3.29. The van der Waals surface area contributed by atoms with E-state index < -0.39 is 26.9 Å². The minimum Gasteiger partial charge on any atom is -0.496 e. The van der Waals surface area contributed by atoms with E-state index in [4.69, 9.17) is 10.5 Å². The Morgan fingerprint density at radius 2 is 2.00 bits per heavy atom. The zero-order chi connectivity index (χ0) is 13.2. The van der Waals surface area contributed by atoms with E-state index in [0.29, 0.717) is 11.3 Å². The van der Waals surface area contributed by atoms with Crippen LogP contribution >= 0.6 is 0 Å². The molecule has 2 unspecified atom stereocenters. The van der Waals surface area contributed by atoms with Crippen LogP contribution in [0.15, 0.2) is 18.2 Å². The van der Waals surface area contributed by atoms with Crippen LogP contribution in [0.4, 0.5) is 4.39 Å². The molecule has 2 atom stereocenters. The predicted octanol–water partition coefficient (Wildman–Crippen LogP) is 1.27. The zero-order valence-corrected chi connectivity index (χ0v) is 10.8. The van der Waals surface area contributed by atoms with Crippen molar-refractivity contribution in [2.75, 3.05) is 13.4 Å². The third kappa shape index (κ3) is 3.17. The van der Waals surface area contributed by atoms with Gasteiger partial charge in [0.1, 0.15) is 11.6 Å². The summed E-state index contributed by atoms with van der Waals surface area (Å²) in [7, 11) is -1.87. The van der Waals surface area contributed by atoms with Crippen LogP contribution in [-0.4, -0.2) is 27.0 Å². The molecular formula is C11H16FNO3S. The fourth-order valence-electron chi connectivity index (χ4n) is 1.48. The second kappa shape index (κ2) is 5.01. The number of benzene rings is 1. The van der Waals surface area contributed by atoms with Gasteiger partial charge in [-0.25, -0.2) is 12.8 Å². The van der Waals surface area contributed by atoms with Gasteiger partial charge in [-0.1, -0.05) is 0 Å². The molecule has 0 aliphatic carbocycles. The van der Waals surface area contributed by atoms with Crippen molar-refractivity contribution in [3.8, 4) is 5.75 Å². The lowest BCUT2D eigenvalue weighted by Crippen LogP contribution is -2.30. The molecule has 0 bridgehead atoms. The van der Waals surface area contributed by atoms with E-state index in [2.05, 4.69) is 0 Å². The Bertz CT molecular complexity index is 501. The number of nitrogens with two attached hydrogens (primary N) is 1. The lowest BCUT2D eigenvalue weighted by Gasteiger charge is -2.20. The molecule has 0 aromatic heterocycles. The monoisotopic (exact) mass is 261 g/mol. The van der Waals surface area contributed by atoms with E-state index in [0.717, 1.165) is 6.26 Å². The summed E-state index contributed by atoms with van der Waals surface area (Å²) < 4.78 is 41.0. The SMILES string of the molecule is COc1ccc(F)cc1C(N)C(C)S(C)(=O)=O. The smallest absolute Gasteiger partial charge is 0.151 e. The molecule has 1 aromatic carbocycles. The molecule has 2 N–H and O–H groups in total. The molecule has 0 heterocycles. The molecule has 1 aromatic rings. The molecule has 0 amide bonds. The Morgan fingerprint density at radius 3 is 2.47 bits per heavy atom. The van der Waals surface area contributed by atoms with E-state index in [1.165, 1.54) is 32.2 Å². The predicted molar refractivity (Wildman–Crippen MR) is 64.2 cm³/mol. The molecule has 0 saturated heterocycles. The van der Waals surface area contributed by atoms with E-state index in [9.17, 15) is 12.8 Å². The van der Waals surface area contributed by atoms with Crippen LogP contribution in [0.5, 0.6) is 5.75 Å². The zero-order valence-electron chi connectivity index (χ0n) is 9.98. The van der Waals surface area contributed by atoms with Gasteiger partial charge in [-0.2, -0.15) is 0 Å². The van der Waals surface area contributed by atoms with Crippen LogP contribution < -0.4 is 10.5 Å². The summed E-state index contributed by atoms with van der Waals surface area (Å²) in [5.74, 6) is -0.0913. The molecular weight excluding hydrogens is 245 g/mol. The average molecular weight is 261 g/mol.